The number of ether oxygens (including phenoxy) is 4. The molecule has 0 heterocycles. The quantitative estimate of drug-likeness (QED) is 0.174. The molecule has 0 fully saturated rings. The van der Waals surface area contributed by atoms with E-state index in [1.165, 1.54) is 5.56 Å². The van der Waals surface area contributed by atoms with Crippen molar-refractivity contribution in [2.24, 2.45) is 5.10 Å². The van der Waals surface area contributed by atoms with Crippen molar-refractivity contribution in [3.05, 3.63) is 52.0 Å². The van der Waals surface area contributed by atoms with Gasteiger partial charge in [0.1, 0.15) is 19.0 Å². The van der Waals surface area contributed by atoms with Crippen molar-refractivity contribution in [3.63, 3.8) is 0 Å². The van der Waals surface area contributed by atoms with E-state index in [1.807, 2.05) is 57.2 Å². The second kappa shape index (κ2) is 14.7. The molecule has 0 spiro atoms. The summed E-state index contributed by atoms with van der Waals surface area (Å²) in [5.74, 6) is 2.09. The molecule has 7 nitrogen and oxygen atoms in total. The summed E-state index contributed by atoms with van der Waals surface area (Å²) in [6.45, 7) is 8.96. The molecule has 0 aromatic heterocycles. The highest BCUT2D eigenvalue weighted by atomic mass is 79.9. The maximum absolute atomic E-state index is 5.90. The van der Waals surface area contributed by atoms with Gasteiger partial charge in [-0.25, -0.2) is 0 Å². The van der Waals surface area contributed by atoms with Crippen LogP contribution in [0.1, 0.15) is 25.0 Å². The minimum absolute atomic E-state index is 0.384. The number of hydrazone groups is 1. The molecule has 174 valence electrons. The van der Waals surface area contributed by atoms with Gasteiger partial charge < -0.3 is 24.3 Å². The molecule has 2 aromatic rings. The minimum Gasteiger partial charge on any atom is -0.491 e. The lowest BCUT2D eigenvalue weighted by Crippen LogP contribution is -2.31. The molecule has 0 saturated heterocycles. The number of halogens is 1. The number of benzene rings is 2. The van der Waals surface area contributed by atoms with E-state index in [1.54, 1.807) is 6.21 Å². The Kier molecular flexibility index (Phi) is 11.9. The van der Waals surface area contributed by atoms with E-state index in [4.69, 9.17) is 31.2 Å². The maximum atomic E-state index is 5.90. The molecule has 9 heteroatoms. The van der Waals surface area contributed by atoms with Crippen LogP contribution in [0.4, 0.5) is 0 Å². The van der Waals surface area contributed by atoms with Crippen molar-refractivity contribution in [3.8, 4) is 17.2 Å². The molecule has 0 unspecified atom stereocenters. The van der Waals surface area contributed by atoms with E-state index in [9.17, 15) is 0 Å². The number of nitrogens with zero attached hydrogens (tertiary/aromatic N) is 1. The van der Waals surface area contributed by atoms with Crippen LogP contribution in [0.15, 0.2) is 46.0 Å². The lowest BCUT2D eigenvalue weighted by Gasteiger charge is -2.15. The zero-order chi connectivity index (χ0) is 23.2. The van der Waals surface area contributed by atoms with Gasteiger partial charge in [0.2, 0.25) is 0 Å². The molecule has 0 aliphatic heterocycles. The van der Waals surface area contributed by atoms with Gasteiger partial charge in [0.05, 0.1) is 30.5 Å². The lowest BCUT2D eigenvalue weighted by atomic mass is 10.2. The predicted molar refractivity (Wildman–Crippen MR) is 135 cm³/mol. The second-order valence-corrected chi connectivity index (χ2v) is 7.88. The van der Waals surface area contributed by atoms with Crippen LogP contribution in [0, 0.1) is 6.92 Å². The van der Waals surface area contributed by atoms with Crippen LogP contribution in [0.3, 0.4) is 0 Å². The molecule has 32 heavy (non-hydrogen) atoms. The molecule has 0 atom stereocenters. The molecule has 0 amide bonds. The van der Waals surface area contributed by atoms with Crippen LogP contribution >= 0.6 is 28.1 Å². The van der Waals surface area contributed by atoms with Crippen LogP contribution in [-0.2, 0) is 4.74 Å². The second-order valence-electron chi connectivity index (χ2n) is 6.61. The number of hydrogen-bond donors (Lipinski definition) is 2. The summed E-state index contributed by atoms with van der Waals surface area (Å²) in [7, 11) is 0. The number of aryl methyl sites for hydroxylation is 1. The van der Waals surface area contributed by atoms with Gasteiger partial charge in [-0.2, -0.15) is 5.10 Å². The fourth-order valence-corrected chi connectivity index (χ4v) is 3.36. The van der Waals surface area contributed by atoms with Crippen molar-refractivity contribution >= 4 is 39.5 Å². The molecule has 0 radical (unpaired) electrons. The zero-order valence-electron chi connectivity index (χ0n) is 18.7. The molecule has 0 saturated carbocycles. The third kappa shape index (κ3) is 9.42. The fraction of sp³-hybridized carbons (Fsp3) is 0.391. The van der Waals surface area contributed by atoms with Crippen LogP contribution in [-0.4, -0.2) is 50.9 Å². The Balaban J connectivity index is 1.80. The Morgan fingerprint density at radius 2 is 1.75 bits per heavy atom. The van der Waals surface area contributed by atoms with Gasteiger partial charge >= 0.3 is 0 Å². The summed E-state index contributed by atoms with van der Waals surface area (Å²) < 4.78 is 23.7. The first-order chi connectivity index (χ1) is 15.5. The summed E-state index contributed by atoms with van der Waals surface area (Å²) in [5.41, 5.74) is 4.80. The molecule has 0 bridgehead atoms. The van der Waals surface area contributed by atoms with Crippen molar-refractivity contribution in [1.82, 2.24) is 10.7 Å². The monoisotopic (exact) mass is 523 g/mol. The van der Waals surface area contributed by atoms with Crippen molar-refractivity contribution in [1.29, 1.82) is 0 Å². The Labute approximate surface area is 203 Å². The lowest BCUT2D eigenvalue weighted by molar-refractivity contribution is 0.0753. The van der Waals surface area contributed by atoms with Gasteiger partial charge in [0, 0.05) is 6.54 Å². The van der Waals surface area contributed by atoms with Crippen molar-refractivity contribution in [2.45, 2.75) is 20.8 Å². The van der Waals surface area contributed by atoms with Crippen LogP contribution < -0.4 is 25.0 Å². The van der Waals surface area contributed by atoms with Gasteiger partial charge in [-0.1, -0.05) is 17.7 Å². The van der Waals surface area contributed by atoms with E-state index in [0.717, 1.165) is 22.3 Å². The highest BCUT2D eigenvalue weighted by Crippen LogP contribution is 2.36. The van der Waals surface area contributed by atoms with Crippen LogP contribution in [0.2, 0.25) is 0 Å². The average Bonchev–Trinajstić information content (AvgIpc) is 2.76. The number of thiocarbonyl (C=S) groups is 1. The SMILES string of the molecule is CCNC(=S)N/N=C\c1cc(Br)c(OCCOCCOc2ccc(C)cc2)c(OCC)c1. The number of hydrogen-bond acceptors (Lipinski definition) is 6. The maximum Gasteiger partial charge on any atom is 0.186 e. The summed E-state index contributed by atoms with van der Waals surface area (Å²) in [6, 6.07) is 11.7. The molecule has 0 aliphatic rings. The van der Waals surface area contributed by atoms with Gasteiger partial charge in [-0.3, -0.25) is 5.43 Å². The molecular weight excluding hydrogens is 494 g/mol. The fourth-order valence-electron chi connectivity index (χ4n) is 2.59. The Bertz CT molecular complexity index is 878. The highest BCUT2D eigenvalue weighted by Gasteiger charge is 2.12. The third-order valence-corrected chi connectivity index (χ3v) is 4.86. The van der Waals surface area contributed by atoms with E-state index in [0.29, 0.717) is 49.6 Å². The highest BCUT2D eigenvalue weighted by molar-refractivity contribution is 9.10. The number of rotatable bonds is 13. The van der Waals surface area contributed by atoms with Gasteiger partial charge in [-0.05, 0) is 78.7 Å². The third-order valence-electron chi connectivity index (χ3n) is 4.04. The largest absolute Gasteiger partial charge is 0.491 e. The van der Waals surface area contributed by atoms with E-state index < -0.39 is 0 Å². The predicted octanol–water partition coefficient (Wildman–Crippen LogP) is 4.45. The first-order valence-electron chi connectivity index (χ1n) is 10.5. The van der Waals surface area contributed by atoms with Crippen molar-refractivity contribution in [2.75, 3.05) is 39.6 Å². The summed E-state index contributed by atoms with van der Waals surface area (Å²) in [6.07, 6.45) is 1.66. The van der Waals surface area contributed by atoms with Gasteiger partial charge in [0.15, 0.2) is 16.6 Å². The minimum atomic E-state index is 0.384. The Morgan fingerprint density at radius 1 is 1.03 bits per heavy atom. The molecular formula is C23H30BrN3O4S. The van der Waals surface area contributed by atoms with Crippen molar-refractivity contribution < 1.29 is 18.9 Å². The van der Waals surface area contributed by atoms with Crippen LogP contribution in [0.25, 0.3) is 0 Å². The van der Waals surface area contributed by atoms with E-state index in [-0.39, 0.29) is 0 Å². The first kappa shape index (κ1) is 25.9. The van der Waals surface area contributed by atoms with Gasteiger partial charge in [-0.15, -0.1) is 0 Å². The summed E-state index contributed by atoms with van der Waals surface area (Å²) >= 11 is 8.64. The van der Waals surface area contributed by atoms with E-state index in [2.05, 4.69) is 31.8 Å². The average molecular weight is 524 g/mol. The zero-order valence-corrected chi connectivity index (χ0v) is 21.1. The summed E-state index contributed by atoms with van der Waals surface area (Å²) in [5, 5.41) is 7.57. The number of nitrogens with one attached hydrogen (secondary N) is 2. The Hall–Kier alpha value is -2.36. The normalized spacial score (nSPS) is 10.8. The Morgan fingerprint density at radius 3 is 2.44 bits per heavy atom. The topological polar surface area (TPSA) is 73.3 Å². The van der Waals surface area contributed by atoms with Crippen LogP contribution in [0.5, 0.6) is 17.2 Å². The standard InChI is InChI=1S/C23H30BrN3O4S/c1-4-25-23(32)27-26-16-18-14-20(24)22(21(15-18)29-5-2)31-13-11-28-10-12-30-19-8-6-17(3)7-9-19/h6-9,14-16H,4-5,10-13H2,1-3H3,(H2,25,27,32)/b26-16-. The first-order valence-corrected chi connectivity index (χ1v) is 11.7. The van der Waals surface area contributed by atoms with E-state index >= 15 is 0 Å². The molecule has 2 N–H and O–H groups in total. The molecule has 2 aromatic carbocycles. The van der Waals surface area contributed by atoms with Gasteiger partial charge in [0.25, 0.3) is 0 Å². The summed E-state index contributed by atoms with van der Waals surface area (Å²) in [4.78, 5) is 0. The smallest absolute Gasteiger partial charge is 0.186 e. The molecule has 2 rings (SSSR count). The molecule has 0 aliphatic carbocycles.